The molecule has 0 aromatic heterocycles. The largest absolute Gasteiger partial charge is 0.342 e. The Morgan fingerprint density at radius 1 is 1.42 bits per heavy atom. The third-order valence-electron chi connectivity index (χ3n) is 3.72. The molecule has 2 rings (SSSR count). The molecule has 1 aliphatic heterocycles. The second-order valence-corrected chi connectivity index (χ2v) is 5.90. The van der Waals surface area contributed by atoms with E-state index in [1.165, 1.54) is 12.1 Å². The van der Waals surface area contributed by atoms with E-state index in [0.29, 0.717) is 38.2 Å². The SMILES string of the molecule is [CH2-]CCNC(=O)N1CCCC(C(=O)Nc2ccc(Cl)c(F)c2)C1.[Ni]. The van der Waals surface area contributed by atoms with Gasteiger partial charge in [0, 0.05) is 35.3 Å². The number of hydrogen-bond acceptors (Lipinski definition) is 2. The van der Waals surface area contributed by atoms with Gasteiger partial charge in [0.05, 0.1) is 10.9 Å². The van der Waals surface area contributed by atoms with Crippen molar-refractivity contribution >= 4 is 29.2 Å². The van der Waals surface area contributed by atoms with Crippen LogP contribution in [-0.4, -0.2) is 36.5 Å². The van der Waals surface area contributed by atoms with E-state index in [1.54, 1.807) is 11.0 Å². The first-order valence-electron chi connectivity index (χ1n) is 7.59. The predicted molar refractivity (Wildman–Crippen MR) is 87.7 cm³/mol. The van der Waals surface area contributed by atoms with E-state index in [2.05, 4.69) is 17.6 Å². The average molecular weight is 399 g/mol. The van der Waals surface area contributed by atoms with E-state index in [-0.39, 0.29) is 39.4 Å². The Labute approximate surface area is 156 Å². The molecule has 24 heavy (non-hydrogen) atoms. The van der Waals surface area contributed by atoms with Crippen molar-refractivity contribution in [2.45, 2.75) is 19.3 Å². The molecule has 1 aliphatic rings. The minimum absolute atomic E-state index is 0. The molecular weight excluding hydrogens is 379 g/mol. The molecule has 0 saturated carbocycles. The van der Waals surface area contributed by atoms with Crippen LogP contribution in [0.1, 0.15) is 19.3 Å². The zero-order valence-electron chi connectivity index (χ0n) is 13.1. The molecule has 1 heterocycles. The topological polar surface area (TPSA) is 61.4 Å². The van der Waals surface area contributed by atoms with Gasteiger partial charge in [-0.3, -0.25) is 4.79 Å². The molecule has 0 bridgehead atoms. The number of carbonyl (C=O) groups is 2. The van der Waals surface area contributed by atoms with Gasteiger partial charge in [-0.05, 0) is 37.6 Å². The average Bonchev–Trinajstić information content (AvgIpc) is 2.56. The van der Waals surface area contributed by atoms with Crippen molar-refractivity contribution in [3.05, 3.63) is 36.0 Å². The summed E-state index contributed by atoms with van der Waals surface area (Å²) in [5.41, 5.74) is 0.357. The fourth-order valence-corrected chi connectivity index (χ4v) is 2.62. The monoisotopic (exact) mass is 398 g/mol. The van der Waals surface area contributed by atoms with Crippen molar-refractivity contribution in [1.29, 1.82) is 0 Å². The molecular formula is C16H20ClFN3NiO2-. The maximum Gasteiger partial charge on any atom is 0.317 e. The number of rotatable bonds is 4. The Hall–Kier alpha value is -1.33. The summed E-state index contributed by atoms with van der Waals surface area (Å²) in [6.45, 7) is 5.16. The van der Waals surface area contributed by atoms with Crippen LogP contribution in [0, 0.1) is 18.7 Å². The fourth-order valence-electron chi connectivity index (χ4n) is 2.50. The number of carbonyl (C=O) groups excluding carboxylic acids is 2. The van der Waals surface area contributed by atoms with Gasteiger partial charge in [-0.2, -0.15) is 6.42 Å². The number of nitrogens with zero attached hydrogens (tertiary/aromatic N) is 1. The van der Waals surface area contributed by atoms with Crippen LogP contribution in [0.15, 0.2) is 18.2 Å². The Morgan fingerprint density at radius 2 is 2.17 bits per heavy atom. The van der Waals surface area contributed by atoms with E-state index in [0.717, 1.165) is 6.42 Å². The van der Waals surface area contributed by atoms with Crippen molar-refractivity contribution in [3.63, 3.8) is 0 Å². The summed E-state index contributed by atoms with van der Waals surface area (Å²) in [6, 6.07) is 3.95. The molecule has 0 aliphatic carbocycles. The summed E-state index contributed by atoms with van der Waals surface area (Å²) in [4.78, 5) is 25.9. The van der Waals surface area contributed by atoms with Gasteiger partial charge in [0.1, 0.15) is 5.82 Å². The van der Waals surface area contributed by atoms with Crippen molar-refractivity contribution in [2.75, 3.05) is 25.0 Å². The summed E-state index contributed by atoms with van der Waals surface area (Å²) in [6.07, 6.45) is 2.07. The number of halogens is 2. The number of benzene rings is 1. The van der Waals surface area contributed by atoms with Gasteiger partial charge in [0.2, 0.25) is 5.91 Å². The van der Waals surface area contributed by atoms with Gasteiger partial charge in [0.25, 0.3) is 0 Å². The number of piperidine rings is 1. The van der Waals surface area contributed by atoms with E-state index >= 15 is 0 Å². The second kappa shape index (κ2) is 9.85. The first-order chi connectivity index (χ1) is 11.0. The van der Waals surface area contributed by atoms with Crippen LogP contribution < -0.4 is 10.6 Å². The number of anilines is 1. The Balaban J connectivity index is 0.00000288. The van der Waals surface area contributed by atoms with E-state index in [9.17, 15) is 14.0 Å². The third-order valence-corrected chi connectivity index (χ3v) is 4.03. The van der Waals surface area contributed by atoms with Gasteiger partial charge in [-0.15, -0.1) is 0 Å². The first kappa shape index (κ1) is 20.7. The fraction of sp³-hybridized carbons (Fsp3) is 0.438. The van der Waals surface area contributed by atoms with Crippen molar-refractivity contribution < 1.29 is 30.5 Å². The van der Waals surface area contributed by atoms with Crippen molar-refractivity contribution in [2.24, 2.45) is 5.92 Å². The summed E-state index contributed by atoms with van der Waals surface area (Å²) in [7, 11) is 0. The molecule has 1 aromatic carbocycles. The van der Waals surface area contributed by atoms with Crippen LogP contribution in [0.25, 0.3) is 0 Å². The second-order valence-electron chi connectivity index (χ2n) is 5.49. The molecule has 1 aromatic rings. The number of amides is 3. The van der Waals surface area contributed by atoms with Crippen LogP contribution in [0.4, 0.5) is 14.9 Å². The standard InChI is InChI=1S/C16H20ClFN3O2.Ni/c1-2-7-19-16(23)21-8-3-4-11(10-21)15(22)20-12-5-6-13(17)14(18)9-12;/h5-6,9,11H,1-4,7-8,10H2,(H,19,23)(H,20,22);/q-1;. The third kappa shape index (κ3) is 5.64. The van der Waals surface area contributed by atoms with Crippen LogP contribution in [0.2, 0.25) is 5.02 Å². The summed E-state index contributed by atoms with van der Waals surface area (Å²) in [5.74, 6) is -1.11. The normalized spacial score (nSPS) is 17.0. The zero-order valence-corrected chi connectivity index (χ0v) is 14.8. The molecule has 2 N–H and O–H groups in total. The zero-order chi connectivity index (χ0) is 16.8. The smallest absolute Gasteiger partial charge is 0.317 e. The minimum Gasteiger partial charge on any atom is -0.342 e. The van der Waals surface area contributed by atoms with Crippen LogP contribution in [-0.2, 0) is 21.3 Å². The molecule has 5 nitrogen and oxygen atoms in total. The van der Waals surface area contributed by atoms with Gasteiger partial charge in [-0.1, -0.05) is 11.6 Å². The van der Waals surface area contributed by atoms with Crippen LogP contribution >= 0.6 is 11.6 Å². The van der Waals surface area contributed by atoms with Gasteiger partial charge < -0.3 is 22.5 Å². The molecule has 3 amide bonds. The number of nitrogens with one attached hydrogen (secondary N) is 2. The maximum atomic E-state index is 13.4. The van der Waals surface area contributed by atoms with Gasteiger partial charge in [0.15, 0.2) is 0 Å². The molecule has 1 unspecified atom stereocenters. The quantitative estimate of drug-likeness (QED) is 0.604. The molecule has 1 fully saturated rings. The summed E-state index contributed by atoms with van der Waals surface area (Å²) in [5, 5.41) is 5.44. The Kier molecular flexibility index (Phi) is 8.50. The molecule has 8 heteroatoms. The maximum absolute atomic E-state index is 13.4. The Bertz CT molecular complexity index is 588. The number of hydrogen-bond donors (Lipinski definition) is 2. The first-order valence-corrected chi connectivity index (χ1v) is 7.97. The summed E-state index contributed by atoms with van der Waals surface area (Å²) >= 11 is 5.62. The van der Waals surface area contributed by atoms with Gasteiger partial charge in [-0.25, -0.2) is 9.18 Å². The molecule has 0 radical (unpaired) electrons. The van der Waals surface area contributed by atoms with E-state index in [1.807, 2.05) is 0 Å². The predicted octanol–water partition coefficient (Wildman–Crippen LogP) is 3.06. The molecule has 1 atom stereocenters. The minimum atomic E-state index is -0.581. The van der Waals surface area contributed by atoms with Crippen LogP contribution in [0.3, 0.4) is 0 Å². The Morgan fingerprint density at radius 3 is 2.83 bits per heavy atom. The van der Waals surface area contributed by atoms with Crippen LogP contribution in [0.5, 0.6) is 0 Å². The number of urea groups is 1. The van der Waals surface area contributed by atoms with E-state index < -0.39 is 5.82 Å². The molecule has 0 spiro atoms. The molecule has 136 valence electrons. The van der Waals surface area contributed by atoms with Crippen molar-refractivity contribution in [1.82, 2.24) is 10.2 Å². The van der Waals surface area contributed by atoms with Crippen molar-refractivity contribution in [3.8, 4) is 0 Å². The van der Waals surface area contributed by atoms with E-state index in [4.69, 9.17) is 11.6 Å². The summed E-state index contributed by atoms with van der Waals surface area (Å²) < 4.78 is 13.4. The van der Waals surface area contributed by atoms with Gasteiger partial charge >= 0.3 is 6.03 Å². The molecule has 1 saturated heterocycles. The number of likely N-dealkylation sites (tertiary alicyclic amines) is 1.